The van der Waals surface area contributed by atoms with Crippen LogP contribution in [-0.4, -0.2) is 27.3 Å². The maximum Gasteiger partial charge on any atom is 0.263 e. The number of thioether (sulfide) groups is 1. The number of amides is 1. The second-order valence-electron chi connectivity index (χ2n) is 8.38. The lowest BCUT2D eigenvalue weighted by Crippen LogP contribution is -2.37. The van der Waals surface area contributed by atoms with Crippen molar-refractivity contribution in [3.63, 3.8) is 0 Å². The summed E-state index contributed by atoms with van der Waals surface area (Å²) in [6.07, 6.45) is 4.13. The average molecular weight is 481 g/mol. The molecule has 1 amide bonds. The molecule has 0 N–H and O–H groups in total. The monoisotopic (exact) mass is 480 g/mol. The highest BCUT2D eigenvalue weighted by Crippen LogP contribution is 2.36. The first-order valence-corrected chi connectivity index (χ1v) is 13.1. The van der Waals surface area contributed by atoms with Crippen LogP contribution in [0.15, 0.2) is 34.2 Å². The first-order chi connectivity index (χ1) is 15.9. The fraction of sp³-hybridized carbons (Fsp3) is 0.440. The Morgan fingerprint density at radius 2 is 2.09 bits per heavy atom. The first-order valence-electron chi connectivity index (χ1n) is 11.4. The van der Waals surface area contributed by atoms with Crippen LogP contribution in [0.5, 0.6) is 0 Å². The molecule has 0 saturated heterocycles. The molecule has 33 heavy (non-hydrogen) atoms. The topological polar surface area (TPSA) is 79.0 Å². The molecule has 1 aliphatic rings. The third kappa shape index (κ3) is 4.71. The van der Waals surface area contributed by atoms with Crippen LogP contribution in [0.25, 0.3) is 10.2 Å². The number of benzene rings is 1. The van der Waals surface area contributed by atoms with Crippen molar-refractivity contribution in [2.45, 2.75) is 69.8 Å². The van der Waals surface area contributed by atoms with E-state index < -0.39 is 5.25 Å². The molecule has 172 valence electrons. The molecular formula is C25H28N4O2S2. The number of fused-ring (bicyclic) bond motifs is 3. The molecule has 0 aliphatic heterocycles. The second-order valence-corrected chi connectivity index (χ2v) is 10.8. The predicted molar refractivity (Wildman–Crippen MR) is 135 cm³/mol. The van der Waals surface area contributed by atoms with Gasteiger partial charge in [0.1, 0.15) is 4.83 Å². The van der Waals surface area contributed by atoms with E-state index in [2.05, 4.69) is 6.07 Å². The molecule has 1 aromatic carbocycles. The molecule has 1 aliphatic carbocycles. The Morgan fingerprint density at radius 1 is 1.33 bits per heavy atom. The number of carbonyl (C=O) groups is 1. The van der Waals surface area contributed by atoms with E-state index in [0.29, 0.717) is 18.2 Å². The van der Waals surface area contributed by atoms with E-state index in [4.69, 9.17) is 10.2 Å². The second kappa shape index (κ2) is 10.1. The lowest BCUT2D eigenvalue weighted by atomic mass is 10.2. The Kier molecular flexibility index (Phi) is 7.20. The van der Waals surface area contributed by atoms with Crippen molar-refractivity contribution in [2.24, 2.45) is 0 Å². The summed E-state index contributed by atoms with van der Waals surface area (Å²) < 4.78 is 1.74. The van der Waals surface area contributed by atoms with Gasteiger partial charge in [-0.3, -0.25) is 14.2 Å². The van der Waals surface area contributed by atoms with Crippen molar-refractivity contribution in [2.75, 3.05) is 11.4 Å². The number of hydrogen-bond donors (Lipinski definition) is 0. The predicted octanol–water partition coefficient (Wildman–Crippen LogP) is 5.09. The van der Waals surface area contributed by atoms with E-state index in [9.17, 15) is 9.59 Å². The molecule has 2 heterocycles. The smallest absolute Gasteiger partial charge is 0.263 e. The van der Waals surface area contributed by atoms with Gasteiger partial charge in [-0.2, -0.15) is 5.26 Å². The van der Waals surface area contributed by atoms with Crippen LogP contribution in [-0.2, 0) is 24.2 Å². The van der Waals surface area contributed by atoms with E-state index in [0.717, 1.165) is 47.2 Å². The highest BCUT2D eigenvalue weighted by atomic mass is 32.2. The number of rotatable bonds is 8. The fourth-order valence-corrected chi connectivity index (χ4v) is 6.55. The van der Waals surface area contributed by atoms with E-state index in [1.54, 1.807) is 20.8 Å². The normalized spacial score (nSPS) is 13.6. The van der Waals surface area contributed by atoms with Crippen molar-refractivity contribution in [1.82, 2.24) is 9.55 Å². The van der Waals surface area contributed by atoms with Gasteiger partial charge in [0.25, 0.3) is 5.56 Å². The molecule has 4 rings (SSSR count). The zero-order chi connectivity index (χ0) is 23.5. The van der Waals surface area contributed by atoms with Gasteiger partial charge in [0.05, 0.1) is 23.1 Å². The van der Waals surface area contributed by atoms with Crippen LogP contribution >= 0.6 is 23.1 Å². The molecule has 8 heteroatoms. The van der Waals surface area contributed by atoms with Gasteiger partial charge in [-0.15, -0.1) is 11.3 Å². The summed E-state index contributed by atoms with van der Waals surface area (Å²) in [5, 5.41) is 10.0. The summed E-state index contributed by atoms with van der Waals surface area (Å²) in [6, 6.07) is 9.88. The third-order valence-corrected chi connectivity index (χ3v) is 8.19. The van der Waals surface area contributed by atoms with Crippen molar-refractivity contribution in [3.8, 4) is 6.07 Å². The van der Waals surface area contributed by atoms with Gasteiger partial charge in [0.2, 0.25) is 5.91 Å². The average Bonchev–Trinajstić information content (AvgIpc) is 3.38. The number of carbonyl (C=O) groups excluding carboxylic acids is 1. The van der Waals surface area contributed by atoms with Gasteiger partial charge >= 0.3 is 0 Å². The molecular weight excluding hydrogens is 452 g/mol. The van der Waals surface area contributed by atoms with Crippen LogP contribution in [0.1, 0.15) is 49.1 Å². The van der Waals surface area contributed by atoms with Gasteiger partial charge in [0, 0.05) is 23.7 Å². The molecule has 1 unspecified atom stereocenters. The molecule has 3 aromatic rings. The van der Waals surface area contributed by atoms with Crippen molar-refractivity contribution < 1.29 is 4.79 Å². The summed E-state index contributed by atoms with van der Waals surface area (Å²) in [4.78, 5) is 35.5. The Bertz CT molecular complexity index is 1270. The minimum Gasteiger partial charge on any atom is -0.310 e. The number of thiophene rings is 1. The number of aromatic nitrogens is 2. The number of anilines is 1. The third-order valence-electron chi connectivity index (χ3n) is 5.93. The molecule has 0 bridgehead atoms. The van der Waals surface area contributed by atoms with Crippen molar-refractivity contribution in [3.05, 3.63) is 50.6 Å². The SMILES string of the molecule is CCCn1c(SC(C)C(=O)N(CCC#N)c2ccc(C)cc2)nc2sc3c(c2c1=O)CCC3. The summed E-state index contributed by atoms with van der Waals surface area (Å²) in [5.41, 5.74) is 3.08. The van der Waals surface area contributed by atoms with Gasteiger partial charge in [-0.1, -0.05) is 36.4 Å². The standard InChI is InChI=1S/C25H28N4O2S2/c1-4-14-29-24(31)21-19-7-5-8-20(19)33-22(21)27-25(29)32-17(3)23(30)28(15-6-13-26)18-11-9-16(2)10-12-18/h9-12,17H,4-8,14-15H2,1-3H3. The van der Waals surface area contributed by atoms with E-state index >= 15 is 0 Å². The quantitative estimate of drug-likeness (QED) is 0.331. The molecule has 2 aromatic heterocycles. The minimum atomic E-state index is -0.454. The molecule has 1 atom stereocenters. The molecule has 0 spiro atoms. The lowest BCUT2D eigenvalue weighted by molar-refractivity contribution is -0.117. The largest absolute Gasteiger partial charge is 0.310 e. The van der Waals surface area contributed by atoms with E-state index in [-0.39, 0.29) is 17.9 Å². The van der Waals surface area contributed by atoms with Gasteiger partial charge in [-0.25, -0.2) is 4.98 Å². The van der Waals surface area contributed by atoms with Crippen LogP contribution in [0, 0.1) is 18.3 Å². The van der Waals surface area contributed by atoms with Crippen molar-refractivity contribution >= 4 is 44.9 Å². The maximum absolute atomic E-state index is 13.5. The number of aryl methyl sites for hydroxylation is 3. The highest BCUT2D eigenvalue weighted by Gasteiger charge is 2.27. The Labute approximate surface area is 202 Å². The lowest BCUT2D eigenvalue weighted by Gasteiger charge is -2.25. The van der Waals surface area contributed by atoms with Gasteiger partial charge in [0.15, 0.2) is 5.16 Å². The van der Waals surface area contributed by atoms with Crippen LogP contribution in [0.4, 0.5) is 5.69 Å². The minimum absolute atomic E-state index is 0.0169. The van der Waals surface area contributed by atoms with E-state index in [1.807, 2.05) is 45.0 Å². The summed E-state index contributed by atoms with van der Waals surface area (Å²) in [6.45, 7) is 6.79. The Hall–Kier alpha value is -2.63. The van der Waals surface area contributed by atoms with Crippen LogP contribution in [0.3, 0.4) is 0 Å². The van der Waals surface area contributed by atoms with Crippen LogP contribution in [0.2, 0.25) is 0 Å². The molecule has 0 radical (unpaired) electrons. The van der Waals surface area contributed by atoms with Gasteiger partial charge in [-0.05, 0) is 57.2 Å². The fourth-order valence-electron chi connectivity index (χ4n) is 4.25. The number of nitrogens with zero attached hydrogens (tertiary/aromatic N) is 4. The zero-order valence-electron chi connectivity index (χ0n) is 19.3. The van der Waals surface area contributed by atoms with Gasteiger partial charge < -0.3 is 4.90 Å². The van der Waals surface area contributed by atoms with Crippen LogP contribution < -0.4 is 10.5 Å². The highest BCUT2D eigenvalue weighted by molar-refractivity contribution is 8.00. The maximum atomic E-state index is 13.5. The molecule has 0 fully saturated rings. The number of hydrogen-bond acceptors (Lipinski definition) is 6. The summed E-state index contributed by atoms with van der Waals surface area (Å²) in [7, 11) is 0. The van der Waals surface area contributed by atoms with Crippen molar-refractivity contribution in [1.29, 1.82) is 5.26 Å². The summed E-state index contributed by atoms with van der Waals surface area (Å²) >= 11 is 2.96. The summed E-state index contributed by atoms with van der Waals surface area (Å²) in [5.74, 6) is -0.0924. The Balaban J connectivity index is 1.66. The molecule has 0 saturated carbocycles. The number of nitriles is 1. The van der Waals surface area contributed by atoms with E-state index in [1.165, 1.54) is 22.2 Å². The zero-order valence-corrected chi connectivity index (χ0v) is 20.9. The molecule has 6 nitrogen and oxygen atoms in total. The Morgan fingerprint density at radius 3 is 2.79 bits per heavy atom. The first kappa shape index (κ1) is 23.5.